The molecule has 1 aromatic carbocycles. The highest BCUT2D eigenvalue weighted by atomic mass is 19.1. The number of aliphatic hydroxyl groups is 1. The van der Waals surface area contributed by atoms with E-state index in [2.05, 4.69) is 0 Å². The van der Waals surface area contributed by atoms with Crippen LogP contribution in [0.15, 0.2) is 30.5 Å². The second-order valence-corrected chi connectivity index (χ2v) is 2.37. The normalized spacial score (nSPS) is 10.8. The van der Waals surface area contributed by atoms with Crippen LogP contribution < -0.4 is 0 Å². The predicted octanol–water partition coefficient (Wildman–Crippen LogP) is 2.58. The SMILES string of the molecule is O/C=C/Cc1cc(F)cc(F)c1. The van der Waals surface area contributed by atoms with Crippen LogP contribution in [0.25, 0.3) is 0 Å². The van der Waals surface area contributed by atoms with Crippen molar-refractivity contribution in [3.8, 4) is 0 Å². The molecular formula is C9H8F2O. The molecule has 1 rings (SSSR count). The fraction of sp³-hybridized carbons (Fsp3) is 0.111. The van der Waals surface area contributed by atoms with Crippen LogP contribution in [-0.4, -0.2) is 5.11 Å². The molecule has 0 bridgehead atoms. The van der Waals surface area contributed by atoms with Gasteiger partial charge in [0.15, 0.2) is 0 Å². The first kappa shape index (κ1) is 8.71. The van der Waals surface area contributed by atoms with Crippen LogP contribution in [0.2, 0.25) is 0 Å². The zero-order valence-corrected chi connectivity index (χ0v) is 6.30. The molecule has 0 aliphatic carbocycles. The second kappa shape index (κ2) is 3.85. The maximum Gasteiger partial charge on any atom is 0.126 e. The van der Waals surface area contributed by atoms with E-state index in [1.165, 1.54) is 18.2 Å². The summed E-state index contributed by atoms with van der Waals surface area (Å²) in [5.74, 6) is -1.20. The molecule has 64 valence electrons. The van der Waals surface area contributed by atoms with Gasteiger partial charge in [0.1, 0.15) is 11.6 Å². The van der Waals surface area contributed by atoms with Gasteiger partial charge in [-0.15, -0.1) is 0 Å². The molecule has 12 heavy (non-hydrogen) atoms. The molecule has 0 fully saturated rings. The van der Waals surface area contributed by atoms with Crippen LogP contribution in [0.4, 0.5) is 8.78 Å². The van der Waals surface area contributed by atoms with E-state index >= 15 is 0 Å². The maximum atomic E-state index is 12.5. The molecule has 1 nitrogen and oxygen atoms in total. The standard InChI is InChI=1S/C9H8F2O/c10-8-4-7(2-1-3-12)5-9(11)6-8/h1,3-6,12H,2H2/b3-1+. The third-order valence-corrected chi connectivity index (χ3v) is 1.38. The van der Waals surface area contributed by atoms with Gasteiger partial charge < -0.3 is 5.11 Å². The Morgan fingerprint density at radius 3 is 2.25 bits per heavy atom. The van der Waals surface area contributed by atoms with Gasteiger partial charge >= 0.3 is 0 Å². The zero-order chi connectivity index (χ0) is 8.97. The molecule has 0 spiro atoms. The summed E-state index contributed by atoms with van der Waals surface area (Å²) in [6, 6.07) is 3.26. The zero-order valence-electron chi connectivity index (χ0n) is 6.30. The minimum absolute atomic E-state index is 0.325. The van der Waals surface area contributed by atoms with Crippen molar-refractivity contribution in [3.05, 3.63) is 47.7 Å². The molecule has 0 aromatic heterocycles. The van der Waals surface area contributed by atoms with Crippen molar-refractivity contribution >= 4 is 0 Å². The Morgan fingerprint density at radius 2 is 1.75 bits per heavy atom. The Balaban J connectivity index is 2.85. The van der Waals surface area contributed by atoms with E-state index in [0.717, 1.165) is 12.3 Å². The summed E-state index contributed by atoms with van der Waals surface area (Å²) in [7, 11) is 0. The summed E-state index contributed by atoms with van der Waals surface area (Å²) in [6.07, 6.45) is 2.59. The first-order valence-electron chi connectivity index (χ1n) is 3.46. The Hall–Kier alpha value is -1.38. The van der Waals surface area contributed by atoms with E-state index in [1.807, 2.05) is 0 Å². The fourth-order valence-electron chi connectivity index (χ4n) is 0.918. The van der Waals surface area contributed by atoms with E-state index in [4.69, 9.17) is 5.11 Å². The summed E-state index contributed by atoms with van der Waals surface area (Å²) < 4.78 is 25.1. The summed E-state index contributed by atoms with van der Waals surface area (Å²) in [5.41, 5.74) is 0.498. The molecule has 0 amide bonds. The minimum Gasteiger partial charge on any atom is -0.516 e. The first-order valence-corrected chi connectivity index (χ1v) is 3.46. The minimum atomic E-state index is -0.601. The number of hydrogen-bond donors (Lipinski definition) is 1. The number of aliphatic hydroxyl groups excluding tert-OH is 1. The molecule has 0 saturated carbocycles. The Bertz CT molecular complexity index is 274. The average Bonchev–Trinajstić information content (AvgIpc) is 1.99. The number of hydrogen-bond acceptors (Lipinski definition) is 1. The lowest BCUT2D eigenvalue weighted by Gasteiger charge is -1.96. The van der Waals surface area contributed by atoms with Gasteiger partial charge in [-0.2, -0.15) is 0 Å². The Kier molecular flexibility index (Phi) is 2.80. The van der Waals surface area contributed by atoms with Gasteiger partial charge in [0, 0.05) is 6.07 Å². The molecule has 0 aliphatic heterocycles. The third kappa shape index (κ3) is 2.34. The lowest BCUT2D eigenvalue weighted by Crippen LogP contribution is -1.86. The monoisotopic (exact) mass is 170 g/mol. The van der Waals surface area contributed by atoms with Gasteiger partial charge in [-0.05, 0) is 30.2 Å². The molecule has 0 heterocycles. The van der Waals surface area contributed by atoms with E-state index < -0.39 is 11.6 Å². The van der Waals surface area contributed by atoms with Crippen LogP contribution in [-0.2, 0) is 6.42 Å². The second-order valence-electron chi connectivity index (χ2n) is 2.37. The highest BCUT2D eigenvalue weighted by Gasteiger charge is 1.97. The summed E-state index contributed by atoms with van der Waals surface area (Å²) in [4.78, 5) is 0. The van der Waals surface area contributed by atoms with E-state index in [-0.39, 0.29) is 0 Å². The smallest absolute Gasteiger partial charge is 0.126 e. The van der Waals surface area contributed by atoms with Crippen LogP contribution in [0.5, 0.6) is 0 Å². The van der Waals surface area contributed by atoms with Gasteiger partial charge in [-0.3, -0.25) is 0 Å². The predicted molar refractivity (Wildman–Crippen MR) is 41.8 cm³/mol. The van der Waals surface area contributed by atoms with E-state index in [9.17, 15) is 8.78 Å². The van der Waals surface area contributed by atoms with Crippen LogP contribution in [0.3, 0.4) is 0 Å². The summed E-state index contributed by atoms with van der Waals surface area (Å²) in [6.45, 7) is 0. The lowest BCUT2D eigenvalue weighted by molar-refractivity contribution is 0.471. The Labute approximate surface area is 69.0 Å². The highest BCUT2D eigenvalue weighted by Crippen LogP contribution is 2.08. The van der Waals surface area contributed by atoms with Crippen LogP contribution in [0, 0.1) is 11.6 Å². The van der Waals surface area contributed by atoms with Crippen molar-refractivity contribution in [2.45, 2.75) is 6.42 Å². The topological polar surface area (TPSA) is 20.2 Å². The average molecular weight is 170 g/mol. The van der Waals surface area contributed by atoms with Gasteiger partial charge in [0.05, 0.1) is 6.26 Å². The highest BCUT2D eigenvalue weighted by molar-refractivity contribution is 5.19. The van der Waals surface area contributed by atoms with Crippen molar-refractivity contribution in [2.75, 3.05) is 0 Å². The molecule has 1 N–H and O–H groups in total. The van der Waals surface area contributed by atoms with Crippen LogP contribution >= 0.6 is 0 Å². The van der Waals surface area contributed by atoms with Gasteiger partial charge in [0.2, 0.25) is 0 Å². The van der Waals surface area contributed by atoms with E-state index in [0.29, 0.717) is 12.0 Å². The lowest BCUT2D eigenvalue weighted by atomic mass is 10.1. The molecule has 1 aromatic rings. The van der Waals surface area contributed by atoms with E-state index in [1.54, 1.807) is 0 Å². The number of halogens is 2. The third-order valence-electron chi connectivity index (χ3n) is 1.38. The van der Waals surface area contributed by atoms with Crippen molar-refractivity contribution < 1.29 is 13.9 Å². The van der Waals surface area contributed by atoms with Crippen molar-refractivity contribution in [1.29, 1.82) is 0 Å². The molecule has 0 radical (unpaired) electrons. The largest absolute Gasteiger partial charge is 0.516 e. The number of benzene rings is 1. The number of allylic oxidation sites excluding steroid dienone is 1. The van der Waals surface area contributed by atoms with Gasteiger partial charge in [0.25, 0.3) is 0 Å². The molecule has 0 unspecified atom stereocenters. The Morgan fingerprint density at radius 1 is 1.17 bits per heavy atom. The number of rotatable bonds is 2. The van der Waals surface area contributed by atoms with Crippen molar-refractivity contribution in [3.63, 3.8) is 0 Å². The fourth-order valence-corrected chi connectivity index (χ4v) is 0.918. The maximum absolute atomic E-state index is 12.5. The van der Waals surface area contributed by atoms with Gasteiger partial charge in [-0.25, -0.2) is 8.78 Å². The van der Waals surface area contributed by atoms with Crippen molar-refractivity contribution in [2.24, 2.45) is 0 Å². The quantitative estimate of drug-likeness (QED) is 0.676. The summed E-state index contributed by atoms with van der Waals surface area (Å²) >= 11 is 0. The summed E-state index contributed by atoms with van der Waals surface area (Å²) in [5, 5.41) is 8.30. The van der Waals surface area contributed by atoms with Gasteiger partial charge in [-0.1, -0.05) is 0 Å². The molecule has 0 aliphatic rings. The van der Waals surface area contributed by atoms with Crippen molar-refractivity contribution in [1.82, 2.24) is 0 Å². The molecule has 0 atom stereocenters. The van der Waals surface area contributed by atoms with Crippen LogP contribution in [0.1, 0.15) is 5.56 Å². The first-order chi connectivity index (χ1) is 5.72. The molecule has 3 heteroatoms. The molecular weight excluding hydrogens is 162 g/mol. The molecule has 0 saturated heterocycles.